The molecule has 8 nitrogen and oxygen atoms in total. The Morgan fingerprint density at radius 1 is 1.12 bits per heavy atom. The number of rotatable bonds is 4. The number of benzene rings is 2. The zero-order valence-electron chi connectivity index (χ0n) is 13.8. The van der Waals surface area contributed by atoms with E-state index in [4.69, 9.17) is 0 Å². The number of aryl methyl sites for hydroxylation is 1. The van der Waals surface area contributed by atoms with Crippen molar-refractivity contribution in [2.45, 2.75) is 13.5 Å². The maximum absolute atomic E-state index is 13.5. The van der Waals surface area contributed by atoms with Crippen LogP contribution < -0.4 is 10.6 Å². The van der Waals surface area contributed by atoms with Crippen LogP contribution in [-0.2, 0) is 11.3 Å². The van der Waals surface area contributed by atoms with Gasteiger partial charge in [-0.25, -0.2) is 9.18 Å². The van der Waals surface area contributed by atoms with E-state index in [0.717, 1.165) is 15.9 Å². The van der Waals surface area contributed by atoms with Gasteiger partial charge in [0.05, 0.1) is 5.69 Å². The summed E-state index contributed by atoms with van der Waals surface area (Å²) < 4.78 is 13.5. The molecule has 1 heterocycles. The van der Waals surface area contributed by atoms with Gasteiger partial charge in [0.15, 0.2) is 0 Å². The fraction of sp³-hybridized carbons (Fsp3) is 0.118. The van der Waals surface area contributed by atoms with Gasteiger partial charge in [0.1, 0.15) is 12.4 Å². The van der Waals surface area contributed by atoms with Gasteiger partial charge < -0.3 is 5.32 Å². The van der Waals surface area contributed by atoms with Crippen molar-refractivity contribution < 1.29 is 14.0 Å². The predicted octanol–water partition coefficient (Wildman–Crippen LogP) is 2.14. The number of hydrogen-bond donors (Lipinski definition) is 2. The lowest BCUT2D eigenvalue weighted by molar-refractivity contribution is -0.120. The Hall–Kier alpha value is -3.62. The molecule has 3 rings (SSSR count). The van der Waals surface area contributed by atoms with Crippen LogP contribution in [0.1, 0.15) is 5.56 Å². The SMILES string of the molecule is Cc1ccccc1-c1nnn(CC(=O)NC(=O)Nc2ccccc2F)n1. The van der Waals surface area contributed by atoms with Crippen molar-refractivity contribution in [3.05, 3.63) is 59.9 Å². The number of imide groups is 1. The number of halogens is 1. The molecule has 9 heteroatoms. The van der Waals surface area contributed by atoms with Crippen molar-refractivity contribution >= 4 is 17.6 Å². The van der Waals surface area contributed by atoms with E-state index in [1.54, 1.807) is 6.07 Å². The van der Waals surface area contributed by atoms with Crippen LogP contribution in [0.15, 0.2) is 48.5 Å². The van der Waals surface area contributed by atoms with Gasteiger partial charge in [0.25, 0.3) is 5.91 Å². The van der Waals surface area contributed by atoms with Crippen LogP contribution >= 0.6 is 0 Å². The lowest BCUT2D eigenvalue weighted by Crippen LogP contribution is -2.37. The number of carbonyl (C=O) groups excluding carboxylic acids is 2. The molecule has 0 atom stereocenters. The summed E-state index contributed by atoms with van der Waals surface area (Å²) in [7, 11) is 0. The molecular formula is C17H15FN6O2. The van der Waals surface area contributed by atoms with E-state index in [0.29, 0.717) is 5.82 Å². The number of anilines is 1. The molecule has 2 aromatic carbocycles. The molecule has 132 valence electrons. The van der Waals surface area contributed by atoms with Crippen LogP contribution in [0.2, 0.25) is 0 Å². The third-order valence-electron chi connectivity index (χ3n) is 3.50. The second-order valence-electron chi connectivity index (χ2n) is 5.44. The summed E-state index contributed by atoms with van der Waals surface area (Å²) in [5, 5.41) is 16.2. The maximum Gasteiger partial charge on any atom is 0.326 e. The Bertz CT molecular complexity index is 956. The highest BCUT2D eigenvalue weighted by Gasteiger charge is 2.13. The van der Waals surface area contributed by atoms with Gasteiger partial charge in [-0.05, 0) is 29.8 Å². The van der Waals surface area contributed by atoms with E-state index >= 15 is 0 Å². The van der Waals surface area contributed by atoms with Gasteiger partial charge in [-0.15, -0.1) is 10.2 Å². The highest BCUT2D eigenvalue weighted by Crippen LogP contribution is 2.17. The Morgan fingerprint density at radius 3 is 2.62 bits per heavy atom. The molecule has 2 N–H and O–H groups in total. The number of hydrogen-bond acceptors (Lipinski definition) is 5. The number of nitrogens with zero attached hydrogens (tertiary/aromatic N) is 4. The first kappa shape index (κ1) is 17.2. The van der Waals surface area contributed by atoms with E-state index in [2.05, 4.69) is 26.0 Å². The summed E-state index contributed by atoms with van der Waals surface area (Å²) in [6.45, 7) is 1.61. The molecule has 0 fully saturated rings. The Morgan fingerprint density at radius 2 is 1.85 bits per heavy atom. The normalized spacial score (nSPS) is 10.4. The van der Waals surface area contributed by atoms with Gasteiger partial charge in [-0.3, -0.25) is 10.1 Å². The summed E-state index contributed by atoms with van der Waals surface area (Å²) in [5.74, 6) is -0.879. The van der Waals surface area contributed by atoms with Gasteiger partial charge >= 0.3 is 6.03 Å². The van der Waals surface area contributed by atoms with Gasteiger partial charge in [0.2, 0.25) is 5.82 Å². The molecule has 0 saturated carbocycles. The average Bonchev–Trinajstić information content (AvgIpc) is 3.05. The number of carbonyl (C=O) groups is 2. The lowest BCUT2D eigenvalue weighted by Gasteiger charge is -2.06. The van der Waals surface area contributed by atoms with Crippen molar-refractivity contribution in [3.8, 4) is 11.4 Å². The Kier molecular flexibility index (Phi) is 4.97. The number of nitrogens with one attached hydrogen (secondary N) is 2. The number of aromatic nitrogens is 4. The molecule has 26 heavy (non-hydrogen) atoms. The largest absolute Gasteiger partial charge is 0.326 e. The zero-order chi connectivity index (χ0) is 18.5. The van der Waals surface area contributed by atoms with Crippen molar-refractivity contribution in [2.24, 2.45) is 0 Å². The van der Waals surface area contributed by atoms with E-state index in [1.165, 1.54) is 18.2 Å². The smallest absolute Gasteiger partial charge is 0.305 e. The second kappa shape index (κ2) is 7.51. The minimum Gasteiger partial charge on any atom is -0.305 e. The first-order valence-corrected chi connectivity index (χ1v) is 7.72. The van der Waals surface area contributed by atoms with Crippen LogP contribution in [0, 0.1) is 12.7 Å². The third-order valence-corrected chi connectivity index (χ3v) is 3.50. The van der Waals surface area contributed by atoms with Crippen molar-refractivity contribution in [1.82, 2.24) is 25.5 Å². The molecule has 0 aliphatic carbocycles. The van der Waals surface area contributed by atoms with Crippen molar-refractivity contribution in [1.29, 1.82) is 0 Å². The van der Waals surface area contributed by atoms with Crippen LogP contribution in [0.3, 0.4) is 0 Å². The Balaban J connectivity index is 1.60. The number of urea groups is 1. The Labute approximate surface area is 148 Å². The minimum absolute atomic E-state index is 0.0291. The molecule has 3 aromatic rings. The second-order valence-corrected chi connectivity index (χ2v) is 5.44. The summed E-state index contributed by atoms with van der Waals surface area (Å²) in [4.78, 5) is 24.8. The quantitative estimate of drug-likeness (QED) is 0.747. The lowest BCUT2D eigenvalue weighted by atomic mass is 10.1. The van der Waals surface area contributed by atoms with Crippen molar-refractivity contribution in [3.63, 3.8) is 0 Å². The molecule has 1 aromatic heterocycles. The third kappa shape index (κ3) is 4.07. The first-order valence-electron chi connectivity index (χ1n) is 7.72. The zero-order valence-corrected chi connectivity index (χ0v) is 13.8. The molecule has 0 spiro atoms. The standard InChI is InChI=1S/C17H15FN6O2/c1-11-6-2-3-7-12(11)16-21-23-24(22-16)10-15(25)20-17(26)19-14-9-5-4-8-13(14)18/h2-9H,10H2,1H3,(H2,19,20,25,26). The fourth-order valence-corrected chi connectivity index (χ4v) is 2.25. The number of amides is 3. The highest BCUT2D eigenvalue weighted by molar-refractivity contribution is 6.01. The minimum atomic E-state index is -0.848. The van der Waals surface area contributed by atoms with E-state index in [1.807, 2.05) is 31.2 Å². The molecular weight excluding hydrogens is 339 g/mol. The molecule has 0 unspecified atom stereocenters. The molecule has 0 bridgehead atoms. The summed E-state index contributed by atoms with van der Waals surface area (Å²) in [6, 6.07) is 12.3. The highest BCUT2D eigenvalue weighted by atomic mass is 19.1. The summed E-state index contributed by atoms with van der Waals surface area (Å²) in [6.07, 6.45) is 0. The average molecular weight is 354 g/mol. The molecule has 3 amide bonds. The van der Waals surface area contributed by atoms with Gasteiger partial charge in [0, 0.05) is 5.56 Å². The molecule has 0 aliphatic rings. The van der Waals surface area contributed by atoms with Crippen molar-refractivity contribution in [2.75, 3.05) is 5.32 Å². The maximum atomic E-state index is 13.5. The monoisotopic (exact) mass is 354 g/mol. The number of tetrazole rings is 1. The van der Waals surface area contributed by atoms with E-state index in [9.17, 15) is 14.0 Å². The van der Waals surface area contributed by atoms with Gasteiger partial charge in [-0.2, -0.15) is 4.80 Å². The summed E-state index contributed by atoms with van der Waals surface area (Å²) in [5.41, 5.74) is 1.75. The topological polar surface area (TPSA) is 102 Å². The van der Waals surface area contributed by atoms with Crippen LogP contribution in [0.4, 0.5) is 14.9 Å². The molecule has 0 radical (unpaired) electrons. The number of para-hydroxylation sites is 1. The van der Waals surface area contributed by atoms with Crippen LogP contribution in [-0.4, -0.2) is 32.1 Å². The van der Waals surface area contributed by atoms with E-state index in [-0.39, 0.29) is 12.2 Å². The van der Waals surface area contributed by atoms with E-state index < -0.39 is 17.8 Å². The summed E-state index contributed by atoms with van der Waals surface area (Å²) >= 11 is 0. The first-order chi connectivity index (χ1) is 12.5. The van der Waals surface area contributed by atoms with Crippen LogP contribution in [0.25, 0.3) is 11.4 Å². The fourth-order valence-electron chi connectivity index (χ4n) is 2.25. The predicted molar refractivity (Wildman–Crippen MR) is 91.6 cm³/mol. The van der Waals surface area contributed by atoms with Gasteiger partial charge in [-0.1, -0.05) is 36.4 Å². The molecule has 0 aliphatic heterocycles. The van der Waals surface area contributed by atoms with Crippen LogP contribution in [0.5, 0.6) is 0 Å². The molecule has 0 saturated heterocycles.